The van der Waals surface area contributed by atoms with E-state index in [4.69, 9.17) is 0 Å². The molecule has 0 aromatic rings. The number of allylic oxidation sites excluding steroid dienone is 1. The van der Waals surface area contributed by atoms with Crippen LogP contribution in [-0.2, 0) is 0 Å². The van der Waals surface area contributed by atoms with Crippen molar-refractivity contribution in [2.24, 2.45) is 22.7 Å². The van der Waals surface area contributed by atoms with Crippen LogP contribution in [0, 0.1) is 22.7 Å². The Kier molecular flexibility index (Phi) is 3.85. The van der Waals surface area contributed by atoms with E-state index < -0.39 is 0 Å². The Bertz CT molecular complexity index is 516. The van der Waals surface area contributed by atoms with Crippen molar-refractivity contribution in [1.29, 1.82) is 0 Å². The van der Waals surface area contributed by atoms with E-state index >= 15 is 0 Å². The van der Waals surface area contributed by atoms with Crippen molar-refractivity contribution in [3.8, 4) is 0 Å². The SMILES string of the molecule is C=C1[C@H]2C[C@@H]3CCC(C)=C([C@@H](O)C[C@]2(C)CC[C@@H]1O)C3(C)C. The monoisotopic (exact) mass is 304 g/mol. The summed E-state index contributed by atoms with van der Waals surface area (Å²) < 4.78 is 0. The minimum atomic E-state index is -0.349. The third-order valence-corrected chi connectivity index (χ3v) is 7.26. The summed E-state index contributed by atoms with van der Waals surface area (Å²) in [5.74, 6) is 0.919. The number of aliphatic hydroxyl groups is 2. The molecule has 2 nitrogen and oxygen atoms in total. The van der Waals surface area contributed by atoms with Crippen molar-refractivity contribution < 1.29 is 10.2 Å². The van der Waals surface area contributed by atoms with Crippen molar-refractivity contribution in [3.05, 3.63) is 23.3 Å². The number of hydrogen-bond acceptors (Lipinski definition) is 2. The van der Waals surface area contributed by atoms with E-state index in [1.54, 1.807) is 0 Å². The van der Waals surface area contributed by atoms with Gasteiger partial charge >= 0.3 is 0 Å². The lowest BCUT2D eigenvalue weighted by Gasteiger charge is -2.54. The summed E-state index contributed by atoms with van der Waals surface area (Å²) in [6, 6.07) is 0. The Labute approximate surface area is 135 Å². The zero-order chi connectivity index (χ0) is 16.3. The maximum absolute atomic E-state index is 11.0. The van der Waals surface area contributed by atoms with Gasteiger partial charge in [0.05, 0.1) is 12.2 Å². The first-order valence-electron chi connectivity index (χ1n) is 8.92. The standard InChI is InChI=1S/C20H32O2/c1-12-6-7-14-10-15-13(2)16(21)8-9-20(15,5)11-17(22)18(12)19(14,3)4/h14-17,21-22H,2,6-11H2,1,3-5H3/t14-,15+,16-,17-,20-/m0/s1. The van der Waals surface area contributed by atoms with Crippen LogP contribution in [0.4, 0.5) is 0 Å². The van der Waals surface area contributed by atoms with Crippen LogP contribution in [0.1, 0.15) is 66.2 Å². The molecule has 0 aliphatic heterocycles. The van der Waals surface area contributed by atoms with Crippen LogP contribution in [0.5, 0.6) is 0 Å². The van der Waals surface area contributed by atoms with Crippen molar-refractivity contribution in [2.45, 2.75) is 78.4 Å². The fourth-order valence-electron chi connectivity index (χ4n) is 5.80. The van der Waals surface area contributed by atoms with E-state index in [2.05, 4.69) is 34.3 Å². The molecule has 0 aromatic carbocycles. The van der Waals surface area contributed by atoms with E-state index in [0.29, 0.717) is 11.8 Å². The topological polar surface area (TPSA) is 40.5 Å². The molecule has 0 saturated heterocycles. The van der Waals surface area contributed by atoms with Crippen LogP contribution >= 0.6 is 0 Å². The summed E-state index contributed by atoms with van der Waals surface area (Å²) in [7, 11) is 0. The van der Waals surface area contributed by atoms with Crippen LogP contribution in [0.15, 0.2) is 23.3 Å². The van der Waals surface area contributed by atoms with Crippen molar-refractivity contribution in [2.75, 3.05) is 0 Å². The van der Waals surface area contributed by atoms with Crippen molar-refractivity contribution in [3.63, 3.8) is 0 Å². The molecule has 3 aliphatic carbocycles. The predicted octanol–water partition coefficient (Wildman–Crippen LogP) is 4.23. The molecule has 0 unspecified atom stereocenters. The molecule has 124 valence electrons. The third kappa shape index (κ3) is 2.30. The van der Waals surface area contributed by atoms with Gasteiger partial charge in [0.1, 0.15) is 0 Å². The quantitative estimate of drug-likeness (QED) is 0.658. The van der Waals surface area contributed by atoms with Crippen LogP contribution in [0.25, 0.3) is 0 Å². The largest absolute Gasteiger partial charge is 0.389 e. The number of aliphatic hydroxyl groups excluding tert-OH is 2. The third-order valence-electron chi connectivity index (χ3n) is 7.26. The van der Waals surface area contributed by atoms with E-state index in [1.807, 2.05) is 0 Å². The van der Waals surface area contributed by atoms with Gasteiger partial charge in [-0.15, -0.1) is 0 Å². The fourth-order valence-corrected chi connectivity index (χ4v) is 5.80. The highest BCUT2D eigenvalue weighted by Gasteiger charge is 2.51. The van der Waals surface area contributed by atoms with Crippen molar-refractivity contribution >= 4 is 0 Å². The number of fused-ring (bicyclic) bond motifs is 3. The Morgan fingerprint density at radius 3 is 2.45 bits per heavy atom. The molecule has 0 heterocycles. The summed E-state index contributed by atoms with van der Waals surface area (Å²) in [6.45, 7) is 13.4. The Morgan fingerprint density at radius 1 is 1.09 bits per heavy atom. The van der Waals surface area contributed by atoms with Gasteiger partial charge in [0, 0.05) is 0 Å². The first-order valence-corrected chi connectivity index (χ1v) is 8.92. The second kappa shape index (κ2) is 5.21. The van der Waals surface area contributed by atoms with Gasteiger partial charge in [-0.3, -0.25) is 0 Å². The molecule has 0 radical (unpaired) electrons. The highest BCUT2D eigenvalue weighted by molar-refractivity contribution is 5.30. The normalized spacial score (nSPS) is 45.1. The van der Waals surface area contributed by atoms with Gasteiger partial charge in [-0.2, -0.15) is 0 Å². The summed E-state index contributed by atoms with van der Waals surface area (Å²) >= 11 is 0. The molecule has 22 heavy (non-hydrogen) atoms. The van der Waals surface area contributed by atoms with E-state index in [-0.39, 0.29) is 23.0 Å². The van der Waals surface area contributed by atoms with E-state index in [0.717, 1.165) is 37.7 Å². The minimum absolute atomic E-state index is 0.0613. The van der Waals surface area contributed by atoms with Gasteiger partial charge in [-0.1, -0.05) is 32.9 Å². The Morgan fingerprint density at radius 2 is 1.77 bits per heavy atom. The summed E-state index contributed by atoms with van der Waals surface area (Å²) in [6.07, 6.45) is 5.34. The van der Waals surface area contributed by atoms with E-state index in [9.17, 15) is 10.2 Å². The van der Waals surface area contributed by atoms with Crippen molar-refractivity contribution in [1.82, 2.24) is 0 Å². The molecular weight excluding hydrogens is 272 g/mol. The average molecular weight is 304 g/mol. The highest BCUT2D eigenvalue weighted by atomic mass is 16.3. The molecule has 2 bridgehead atoms. The summed E-state index contributed by atoms with van der Waals surface area (Å²) in [4.78, 5) is 0. The molecular formula is C20H32O2. The molecule has 0 aromatic heterocycles. The minimum Gasteiger partial charge on any atom is -0.389 e. The van der Waals surface area contributed by atoms with Gasteiger partial charge in [0.25, 0.3) is 0 Å². The smallest absolute Gasteiger partial charge is 0.0763 e. The maximum Gasteiger partial charge on any atom is 0.0763 e. The molecule has 2 N–H and O–H groups in total. The van der Waals surface area contributed by atoms with E-state index in [1.165, 1.54) is 17.6 Å². The Hall–Kier alpha value is -0.600. The first-order chi connectivity index (χ1) is 10.2. The fraction of sp³-hybridized carbons (Fsp3) is 0.800. The van der Waals surface area contributed by atoms with Gasteiger partial charge in [0.15, 0.2) is 0 Å². The van der Waals surface area contributed by atoms with Crippen LogP contribution in [0.2, 0.25) is 0 Å². The predicted molar refractivity (Wildman–Crippen MR) is 90.4 cm³/mol. The number of rotatable bonds is 0. The molecule has 5 atom stereocenters. The second-order valence-corrected chi connectivity index (χ2v) is 8.94. The average Bonchev–Trinajstić information content (AvgIpc) is 2.40. The van der Waals surface area contributed by atoms with Crippen LogP contribution in [0.3, 0.4) is 0 Å². The molecule has 3 aliphatic rings. The Balaban J connectivity index is 2.05. The van der Waals surface area contributed by atoms with Gasteiger partial charge in [-0.25, -0.2) is 0 Å². The second-order valence-electron chi connectivity index (χ2n) is 8.94. The first kappa shape index (κ1) is 16.3. The van der Waals surface area contributed by atoms with Gasteiger partial charge in [0.2, 0.25) is 0 Å². The molecule has 2 saturated carbocycles. The summed E-state index contributed by atoms with van der Waals surface area (Å²) in [5.41, 5.74) is 3.87. The lowest BCUT2D eigenvalue weighted by molar-refractivity contribution is -0.0109. The zero-order valence-electron chi connectivity index (χ0n) is 14.7. The van der Waals surface area contributed by atoms with Gasteiger partial charge < -0.3 is 10.2 Å². The summed E-state index contributed by atoms with van der Waals surface area (Å²) in [5, 5.41) is 21.3. The highest BCUT2D eigenvalue weighted by Crippen LogP contribution is 2.58. The van der Waals surface area contributed by atoms with Crippen LogP contribution < -0.4 is 0 Å². The molecule has 3 rings (SSSR count). The maximum atomic E-state index is 11.0. The molecule has 0 spiro atoms. The molecule has 2 heteroatoms. The van der Waals surface area contributed by atoms with Gasteiger partial charge in [-0.05, 0) is 79.3 Å². The lowest BCUT2D eigenvalue weighted by atomic mass is 9.52. The lowest BCUT2D eigenvalue weighted by Crippen LogP contribution is -2.48. The molecule has 0 amide bonds. The molecule has 2 fully saturated rings. The zero-order valence-corrected chi connectivity index (χ0v) is 14.7. The number of hydrogen-bond donors (Lipinski definition) is 2. The van der Waals surface area contributed by atoms with Crippen LogP contribution in [-0.4, -0.2) is 22.4 Å².